The summed E-state index contributed by atoms with van der Waals surface area (Å²) in [7, 11) is 0. The van der Waals surface area contributed by atoms with Crippen LogP contribution in [0.25, 0.3) is 11.3 Å². The number of hydrogen-bond acceptors (Lipinski definition) is 3. The zero-order valence-electron chi connectivity index (χ0n) is 15.3. The highest BCUT2D eigenvalue weighted by atomic mass is 16.5. The van der Waals surface area contributed by atoms with Gasteiger partial charge in [0.2, 0.25) is 0 Å². The van der Waals surface area contributed by atoms with Crippen molar-refractivity contribution in [1.29, 1.82) is 0 Å². The summed E-state index contributed by atoms with van der Waals surface area (Å²) in [5.41, 5.74) is 2.98. The minimum absolute atomic E-state index is 0.551. The van der Waals surface area contributed by atoms with Crippen LogP contribution in [0.1, 0.15) is 58.6 Å². The monoisotopic (exact) mass is 326 g/mol. The molecule has 0 fully saturated rings. The Morgan fingerprint density at radius 1 is 0.958 bits per heavy atom. The van der Waals surface area contributed by atoms with Crippen LogP contribution in [-0.2, 0) is 6.42 Å². The van der Waals surface area contributed by atoms with Gasteiger partial charge < -0.3 is 4.74 Å². The minimum Gasteiger partial charge on any atom is -0.493 e. The lowest BCUT2D eigenvalue weighted by atomic mass is 10.1. The Morgan fingerprint density at radius 2 is 1.79 bits per heavy atom. The highest BCUT2D eigenvalue weighted by molar-refractivity contribution is 5.66. The summed E-state index contributed by atoms with van der Waals surface area (Å²) in [6.07, 6.45) is 7.15. The van der Waals surface area contributed by atoms with Crippen LogP contribution in [0.3, 0.4) is 0 Å². The topological polar surface area (TPSA) is 35.0 Å². The van der Waals surface area contributed by atoms with E-state index >= 15 is 0 Å². The number of aryl methyl sites for hydroxylation is 1. The van der Waals surface area contributed by atoms with Gasteiger partial charge in [0, 0.05) is 5.56 Å². The van der Waals surface area contributed by atoms with Crippen LogP contribution < -0.4 is 4.74 Å². The highest BCUT2D eigenvalue weighted by Crippen LogP contribution is 2.28. The summed E-state index contributed by atoms with van der Waals surface area (Å²) in [6.45, 7) is 7.35. The van der Waals surface area contributed by atoms with Crippen molar-refractivity contribution in [1.82, 2.24) is 10.2 Å². The molecule has 0 bridgehead atoms. The summed E-state index contributed by atoms with van der Waals surface area (Å²) < 4.78 is 6.00. The first-order valence-corrected chi connectivity index (χ1v) is 9.29. The molecule has 130 valence electrons. The van der Waals surface area contributed by atoms with Crippen molar-refractivity contribution in [3.63, 3.8) is 0 Å². The minimum atomic E-state index is 0.551. The Bertz CT molecular complexity index is 595. The third kappa shape index (κ3) is 5.63. The molecule has 0 radical (unpaired) electrons. The fraction of sp³-hybridized carbons (Fsp3) is 0.524. The zero-order valence-corrected chi connectivity index (χ0v) is 15.3. The molecule has 0 N–H and O–H groups in total. The number of rotatable bonds is 10. The van der Waals surface area contributed by atoms with Gasteiger partial charge in [-0.25, -0.2) is 0 Å². The van der Waals surface area contributed by atoms with Crippen molar-refractivity contribution in [3.8, 4) is 17.0 Å². The van der Waals surface area contributed by atoms with E-state index in [0.717, 1.165) is 42.1 Å². The van der Waals surface area contributed by atoms with E-state index in [9.17, 15) is 0 Å². The highest BCUT2D eigenvalue weighted by Gasteiger charge is 2.09. The predicted molar refractivity (Wildman–Crippen MR) is 100 cm³/mol. The molecule has 0 aliphatic carbocycles. The molecule has 1 unspecified atom stereocenters. The zero-order chi connectivity index (χ0) is 17.2. The molecular weight excluding hydrogens is 296 g/mol. The molecule has 2 aromatic rings. The van der Waals surface area contributed by atoms with Gasteiger partial charge in [0.15, 0.2) is 0 Å². The standard InChI is InChI=1S/C21H30N2O/c1-4-6-7-8-11-18-14-15-20(23-22-18)19-12-9-10-13-21(19)24-16-17(3)5-2/h9-10,12-15,17H,4-8,11,16H2,1-3H3. The third-order valence-corrected chi connectivity index (χ3v) is 4.39. The fourth-order valence-electron chi connectivity index (χ4n) is 2.52. The first-order valence-electron chi connectivity index (χ1n) is 9.29. The molecule has 1 aromatic heterocycles. The maximum absolute atomic E-state index is 6.00. The molecule has 0 amide bonds. The molecule has 0 saturated heterocycles. The summed E-state index contributed by atoms with van der Waals surface area (Å²) in [6, 6.07) is 12.2. The summed E-state index contributed by atoms with van der Waals surface area (Å²) in [5.74, 6) is 1.44. The van der Waals surface area contributed by atoms with Crippen molar-refractivity contribution in [2.75, 3.05) is 6.61 Å². The molecule has 0 aliphatic heterocycles. The lowest BCUT2D eigenvalue weighted by molar-refractivity contribution is 0.257. The van der Waals surface area contributed by atoms with Gasteiger partial charge in [0.25, 0.3) is 0 Å². The largest absolute Gasteiger partial charge is 0.493 e. The van der Waals surface area contributed by atoms with Crippen LogP contribution in [0, 0.1) is 5.92 Å². The van der Waals surface area contributed by atoms with E-state index in [1.165, 1.54) is 25.7 Å². The van der Waals surface area contributed by atoms with Crippen LogP contribution in [0.5, 0.6) is 5.75 Å². The van der Waals surface area contributed by atoms with Crippen molar-refractivity contribution in [3.05, 3.63) is 42.1 Å². The summed E-state index contributed by atoms with van der Waals surface area (Å²) >= 11 is 0. The number of para-hydroxylation sites is 1. The van der Waals surface area contributed by atoms with Crippen molar-refractivity contribution >= 4 is 0 Å². The first-order chi connectivity index (χ1) is 11.7. The summed E-state index contributed by atoms with van der Waals surface area (Å²) in [4.78, 5) is 0. The number of unbranched alkanes of at least 4 members (excludes halogenated alkanes) is 3. The van der Waals surface area contributed by atoms with Gasteiger partial charge in [-0.3, -0.25) is 0 Å². The van der Waals surface area contributed by atoms with Crippen LogP contribution >= 0.6 is 0 Å². The van der Waals surface area contributed by atoms with Gasteiger partial charge in [-0.05, 0) is 43.0 Å². The number of benzene rings is 1. The molecule has 3 heteroatoms. The second kappa shape index (κ2) is 10.1. The van der Waals surface area contributed by atoms with Gasteiger partial charge in [-0.2, -0.15) is 10.2 Å². The van der Waals surface area contributed by atoms with E-state index < -0.39 is 0 Å². The Morgan fingerprint density at radius 3 is 2.50 bits per heavy atom. The third-order valence-electron chi connectivity index (χ3n) is 4.39. The number of nitrogens with zero attached hydrogens (tertiary/aromatic N) is 2. The van der Waals surface area contributed by atoms with E-state index in [2.05, 4.69) is 49.2 Å². The van der Waals surface area contributed by atoms with Gasteiger partial charge in [0.05, 0.1) is 18.0 Å². The average Bonchev–Trinajstić information content (AvgIpc) is 2.64. The van der Waals surface area contributed by atoms with Gasteiger partial charge in [-0.1, -0.05) is 58.6 Å². The lowest BCUT2D eigenvalue weighted by Crippen LogP contribution is -2.08. The molecule has 24 heavy (non-hydrogen) atoms. The molecule has 3 nitrogen and oxygen atoms in total. The number of ether oxygens (including phenoxy) is 1. The second-order valence-electron chi connectivity index (χ2n) is 6.54. The lowest BCUT2D eigenvalue weighted by Gasteiger charge is -2.14. The SMILES string of the molecule is CCCCCCc1ccc(-c2ccccc2OCC(C)CC)nn1. The van der Waals surface area contributed by atoms with E-state index in [0.29, 0.717) is 5.92 Å². The molecule has 0 spiro atoms. The van der Waals surface area contributed by atoms with Crippen LogP contribution in [-0.4, -0.2) is 16.8 Å². The average molecular weight is 326 g/mol. The quantitative estimate of drug-likeness (QED) is 0.526. The van der Waals surface area contributed by atoms with Gasteiger partial charge in [0.1, 0.15) is 5.75 Å². The van der Waals surface area contributed by atoms with E-state index in [-0.39, 0.29) is 0 Å². The van der Waals surface area contributed by atoms with Crippen molar-refractivity contribution < 1.29 is 4.74 Å². The predicted octanol–water partition coefficient (Wildman–Crippen LogP) is 5.69. The number of aromatic nitrogens is 2. The molecule has 1 heterocycles. The fourth-order valence-corrected chi connectivity index (χ4v) is 2.52. The first kappa shape index (κ1) is 18.4. The van der Waals surface area contributed by atoms with E-state index in [4.69, 9.17) is 4.74 Å². The van der Waals surface area contributed by atoms with Crippen molar-refractivity contribution in [2.24, 2.45) is 5.92 Å². The smallest absolute Gasteiger partial charge is 0.128 e. The molecule has 0 aliphatic rings. The molecule has 1 atom stereocenters. The maximum Gasteiger partial charge on any atom is 0.128 e. The molecule has 2 rings (SSSR count). The Hall–Kier alpha value is -1.90. The van der Waals surface area contributed by atoms with Crippen LogP contribution in [0.15, 0.2) is 36.4 Å². The van der Waals surface area contributed by atoms with E-state index in [1.807, 2.05) is 18.2 Å². The molecule has 0 saturated carbocycles. The maximum atomic E-state index is 6.00. The van der Waals surface area contributed by atoms with E-state index in [1.54, 1.807) is 0 Å². The summed E-state index contributed by atoms with van der Waals surface area (Å²) in [5, 5.41) is 8.83. The Kier molecular flexibility index (Phi) is 7.73. The molecule has 1 aromatic carbocycles. The Labute approximate surface area is 146 Å². The normalized spacial score (nSPS) is 12.1. The van der Waals surface area contributed by atoms with Crippen LogP contribution in [0.4, 0.5) is 0 Å². The second-order valence-corrected chi connectivity index (χ2v) is 6.54. The number of hydrogen-bond donors (Lipinski definition) is 0. The van der Waals surface area contributed by atoms with Gasteiger partial charge in [-0.15, -0.1) is 0 Å². The Balaban J connectivity index is 2.03. The van der Waals surface area contributed by atoms with Crippen molar-refractivity contribution in [2.45, 2.75) is 59.3 Å². The van der Waals surface area contributed by atoms with Gasteiger partial charge >= 0.3 is 0 Å². The molecular formula is C21H30N2O. The van der Waals surface area contributed by atoms with Crippen LogP contribution in [0.2, 0.25) is 0 Å².